The van der Waals surface area contributed by atoms with Crippen molar-refractivity contribution in [3.8, 4) is 0 Å². The van der Waals surface area contributed by atoms with E-state index >= 15 is 0 Å². The minimum Gasteiger partial charge on any atom is -0.324 e. The third-order valence-corrected chi connectivity index (χ3v) is 3.43. The van der Waals surface area contributed by atoms with E-state index in [1.54, 1.807) is 23.5 Å². The lowest BCUT2D eigenvalue weighted by Gasteiger charge is -2.09. The zero-order valence-corrected chi connectivity index (χ0v) is 9.93. The van der Waals surface area contributed by atoms with Crippen molar-refractivity contribution >= 4 is 11.3 Å². The number of rotatable bonds is 3. The molecule has 0 bridgehead atoms. The lowest BCUT2D eigenvalue weighted by atomic mass is 10.0. The van der Waals surface area contributed by atoms with Crippen molar-refractivity contribution < 1.29 is 4.39 Å². The Bertz CT molecular complexity index is 461. The lowest BCUT2D eigenvalue weighted by molar-refractivity contribution is 0.625. The number of benzene rings is 1. The second-order valence-electron chi connectivity index (χ2n) is 3.93. The van der Waals surface area contributed by atoms with Crippen LogP contribution in [-0.2, 0) is 6.42 Å². The Hall–Kier alpha value is -1.19. The van der Waals surface area contributed by atoms with Crippen molar-refractivity contribution in [3.05, 3.63) is 57.5 Å². The zero-order chi connectivity index (χ0) is 11.5. The predicted molar refractivity (Wildman–Crippen MR) is 66.1 cm³/mol. The third kappa shape index (κ3) is 2.68. The molecular formula is C13H14FNS. The summed E-state index contributed by atoms with van der Waals surface area (Å²) in [6.45, 7) is 2.07. The van der Waals surface area contributed by atoms with E-state index in [0.717, 1.165) is 17.5 Å². The first-order chi connectivity index (χ1) is 7.65. The third-order valence-electron chi connectivity index (χ3n) is 2.55. The van der Waals surface area contributed by atoms with Gasteiger partial charge in [-0.1, -0.05) is 12.1 Å². The highest BCUT2D eigenvalue weighted by Gasteiger charge is 2.08. The molecule has 1 aromatic carbocycles. The van der Waals surface area contributed by atoms with Crippen molar-refractivity contribution in [2.45, 2.75) is 19.4 Å². The number of halogens is 1. The van der Waals surface area contributed by atoms with Gasteiger partial charge in [0.05, 0.1) is 0 Å². The molecule has 1 nitrogen and oxygen atoms in total. The summed E-state index contributed by atoms with van der Waals surface area (Å²) in [6, 6.07) is 8.62. The fourth-order valence-electron chi connectivity index (χ4n) is 1.65. The molecule has 0 aliphatic rings. The summed E-state index contributed by atoms with van der Waals surface area (Å²) in [6.07, 6.45) is 0.746. The van der Waals surface area contributed by atoms with Crippen molar-refractivity contribution in [2.24, 2.45) is 5.73 Å². The smallest absolute Gasteiger partial charge is 0.123 e. The van der Waals surface area contributed by atoms with Crippen LogP contribution in [0.2, 0.25) is 0 Å². The van der Waals surface area contributed by atoms with Crippen LogP contribution in [0.1, 0.15) is 22.0 Å². The maximum Gasteiger partial charge on any atom is 0.123 e. The second kappa shape index (κ2) is 4.76. The SMILES string of the molecule is Cc1cc(C(N)Cc2ccc(F)cc2)cs1. The van der Waals surface area contributed by atoms with E-state index in [2.05, 4.69) is 18.4 Å². The summed E-state index contributed by atoms with van der Waals surface area (Å²) in [5, 5.41) is 2.09. The van der Waals surface area contributed by atoms with Gasteiger partial charge in [-0.15, -0.1) is 11.3 Å². The zero-order valence-electron chi connectivity index (χ0n) is 9.11. The number of aryl methyl sites for hydroxylation is 1. The fourth-order valence-corrected chi connectivity index (χ4v) is 2.42. The Kier molecular flexibility index (Phi) is 3.36. The Labute approximate surface area is 98.7 Å². The van der Waals surface area contributed by atoms with E-state index in [4.69, 9.17) is 5.73 Å². The lowest BCUT2D eigenvalue weighted by Crippen LogP contribution is -2.12. The number of hydrogen-bond acceptors (Lipinski definition) is 2. The van der Waals surface area contributed by atoms with Gasteiger partial charge >= 0.3 is 0 Å². The van der Waals surface area contributed by atoms with Gasteiger partial charge in [0.25, 0.3) is 0 Å². The topological polar surface area (TPSA) is 26.0 Å². The molecular weight excluding hydrogens is 221 g/mol. The van der Waals surface area contributed by atoms with E-state index in [-0.39, 0.29) is 11.9 Å². The normalized spacial score (nSPS) is 12.7. The Morgan fingerprint density at radius 1 is 1.31 bits per heavy atom. The van der Waals surface area contributed by atoms with Crippen molar-refractivity contribution in [3.63, 3.8) is 0 Å². The van der Waals surface area contributed by atoms with Crippen LogP contribution in [0.5, 0.6) is 0 Å². The van der Waals surface area contributed by atoms with Crippen LogP contribution in [0.3, 0.4) is 0 Å². The van der Waals surface area contributed by atoms with E-state index in [0.29, 0.717) is 0 Å². The summed E-state index contributed by atoms with van der Waals surface area (Å²) in [5.74, 6) is -0.205. The van der Waals surface area contributed by atoms with Gasteiger partial charge in [-0.2, -0.15) is 0 Å². The highest BCUT2D eigenvalue weighted by molar-refractivity contribution is 7.10. The number of thiophene rings is 1. The first-order valence-corrected chi connectivity index (χ1v) is 6.08. The molecule has 2 aromatic rings. The number of hydrogen-bond donors (Lipinski definition) is 1. The molecule has 0 amide bonds. The molecule has 0 aliphatic heterocycles. The molecule has 0 saturated carbocycles. The van der Waals surface area contributed by atoms with E-state index in [1.165, 1.54) is 17.0 Å². The van der Waals surface area contributed by atoms with Gasteiger partial charge in [-0.05, 0) is 48.1 Å². The van der Waals surface area contributed by atoms with Crippen LogP contribution in [0.25, 0.3) is 0 Å². The maximum atomic E-state index is 12.7. The molecule has 2 N–H and O–H groups in total. The molecule has 16 heavy (non-hydrogen) atoms. The highest BCUT2D eigenvalue weighted by Crippen LogP contribution is 2.21. The van der Waals surface area contributed by atoms with Crippen LogP contribution < -0.4 is 5.73 Å². The van der Waals surface area contributed by atoms with Gasteiger partial charge in [-0.3, -0.25) is 0 Å². The average molecular weight is 235 g/mol. The first-order valence-electron chi connectivity index (χ1n) is 5.20. The van der Waals surface area contributed by atoms with E-state index in [1.807, 2.05) is 0 Å². The number of nitrogens with two attached hydrogens (primary N) is 1. The standard InChI is InChI=1S/C13H14FNS/c1-9-6-11(8-16-9)13(15)7-10-2-4-12(14)5-3-10/h2-6,8,13H,7,15H2,1H3. The largest absolute Gasteiger partial charge is 0.324 e. The Morgan fingerprint density at radius 3 is 2.56 bits per heavy atom. The van der Waals surface area contributed by atoms with E-state index in [9.17, 15) is 4.39 Å². The van der Waals surface area contributed by atoms with Gasteiger partial charge in [0, 0.05) is 10.9 Å². The summed E-state index contributed by atoms with van der Waals surface area (Å²) in [5.41, 5.74) is 8.32. The van der Waals surface area contributed by atoms with Crippen LogP contribution in [0.4, 0.5) is 4.39 Å². The molecule has 0 spiro atoms. The molecule has 0 radical (unpaired) electrons. The van der Waals surface area contributed by atoms with Crippen molar-refractivity contribution in [1.82, 2.24) is 0 Å². The van der Waals surface area contributed by atoms with Gasteiger partial charge in [0.1, 0.15) is 5.82 Å². The van der Waals surface area contributed by atoms with Crippen LogP contribution >= 0.6 is 11.3 Å². The summed E-state index contributed by atoms with van der Waals surface area (Å²) >= 11 is 1.71. The molecule has 84 valence electrons. The predicted octanol–water partition coefficient (Wildman–Crippen LogP) is 3.44. The quantitative estimate of drug-likeness (QED) is 0.866. The van der Waals surface area contributed by atoms with Gasteiger partial charge in [0.15, 0.2) is 0 Å². The molecule has 1 atom stereocenters. The first kappa shape index (κ1) is 11.3. The monoisotopic (exact) mass is 235 g/mol. The van der Waals surface area contributed by atoms with Crippen molar-refractivity contribution in [2.75, 3.05) is 0 Å². The van der Waals surface area contributed by atoms with Crippen molar-refractivity contribution in [1.29, 1.82) is 0 Å². The van der Waals surface area contributed by atoms with Crippen LogP contribution in [0, 0.1) is 12.7 Å². The maximum absolute atomic E-state index is 12.7. The Balaban J connectivity index is 2.07. The van der Waals surface area contributed by atoms with Gasteiger partial charge in [0.2, 0.25) is 0 Å². The molecule has 3 heteroatoms. The molecule has 2 rings (SSSR count). The van der Waals surface area contributed by atoms with Gasteiger partial charge < -0.3 is 5.73 Å². The van der Waals surface area contributed by atoms with E-state index < -0.39 is 0 Å². The highest BCUT2D eigenvalue weighted by atomic mass is 32.1. The average Bonchev–Trinajstić information content (AvgIpc) is 2.68. The molecule has 1 heterocycles. The molecule has 0 saturated heterocycles. The van der Waals surface area contributed by atoms with Gasteiger partial charge in [-0.25, -0.2) is 4.39 Å². The van der Waals surface area contributed by atoms with Crippen LogP contribution in [0.15, 0.2) is 35.7 Å². The molecule has 0 aliphatic carbocycles. The second-order valence-corrected chi connectivity index (χ2v) is 5.04. The molecule has 1 unspecified atom stereocenters. The minimum absolute atomic E-state index is 0.00425. The van der Waals surface area contributed by atoms with Crippen LogP contribution in [-0.4, -0.2) is 0 Å². The summed E-state index contributed by atoms with van der Waals surface area (Å²) < 4.78 is 12.7. The fraction of sp³-hybridized carbons (Fsp3) is 0.231. The summed E-state index contributed by atoms with van der Waals surface area (Å²) in [7, 11) is 0. The minimum atomic E-state index is -0.205. The molecule has 1 aromatic heterocycles. The molecule has 0 fully saturated rings. The Morgan fingerprint density at radius 2 is 2.00 bits per heavy atom. The summed E-state index contributed by atoms with van der Waals surface area (Å²) in [4.78, 5) is 1.27.